The number of rotatable bonds is 6. The molecule has 1 fully saturated rings. The van der Waals surface area contributed by atoms with Crippen LogP contribution in [0.25, 0.3) is 5.69 Å². The van der Waals surface area contributed by atoms with Crippen LogP contribution in [0.3, 0.4) is 0 Å². The van der Waals surface area contributed by atoms with E-state index < -0.39 is 0 Å². The lowest BCUT2D eigenvalue weighted by molar-refractivity contribution is 0.286. The zero-order chi connectivity index (χ0) is 22.9. The summed E-state index contributed by atoms with van der Waals surface area (Å²) in [5.41, 5.74) is 7.13. The van der Waals surface area contributed by atoms with Gasteiger partial charge in [-0.1, -0.05) is 25.1 Å². The molecule has 4 aromatic rings. The maximum atomic E-state index is 5.81. The van der Waals surface area contributed by atoms with Crippen molar-refractivity contribution in [2.45, 2.75) is 45.8 Å². The van der Waals surface area contributed by atoms with Gasteiger partial charge in [-0.3, -0.25) is 4.98 Å². The van der Waals surface area contributed by atoms with Crippen LogP contribution in [0.15, 0.2) is 77.5 Å². The Morgan fingerprint density at radius 2 is 1.88 bits per heavy atom. The lowest BCUT2D eigenvalue weighted by Crippen LogP contribution is -2.29. The summed E-state index contributed by atoms with van der Waals surface area (Å²) >= 11 is 5.81. The van der Waals surface area contributed by atoms with Gasteiger partial charge >= 0.3 is 0 Å². The summed E-state index contributed by atoms with van der Waals surface area (Å²) in [7, 11) is 0. The minimum absolute atomic E-state index is 0.00707. The molecule has 0 unspecified atom stereocenters. The number of hydrogen-bond acceptors (Lipinski definition) is 3. The first kappa shape index (κ1) is 21.5. The Morgan fingerprint density at radius 3 is 2.55 bits per heavy atom. The van der Waals surface area contributed by atoms with Gasteiger partial charge in [-0.15, -0.1) is 0 Å². The zero-order valence-corrected chi connectivity index (χ0v) is 20.0. The van der Waals surface area contributed by atoms with Crippen molar-refractivity contribution in [1.82, 2.24) is 19.8 Å². The summed E-state index contributed by atoms with van der Waals surface area (Å²) in [6.07, 6.45) is 4.58. The van der Waals surface area contributed by atoms with Crippen molar-refractivity contribution in [2.24, 2.45) is 0 Å². The van der Waals surface area contributed by atoms with Gasteiger partial charge in [0.15, 0.2) is 5.11 Å². The molecule has 0 bridgehead atoms. The molecule has 5 nitrogen and oxygen atoms in total. The summed E-state index contributed by atoms with van der Waals surface area (Å²) in [6.45, 7) is 7.14. The second kappa shape index (κ2) is 8.87. The third-order valence-corrected chi connectivity index (χ3v) is 6.85. The number of furan rings is 1. The summed E-state index contributed by atoms with van der Waals surface area (Å²) in [6, 6.07) is 21.0. The second-order valence-electron chi connectivity index (χ2n) is 8.52. The number of thiocarbonyl (C=S) groups is 1. The highest BCUT2D eigenvalue weighted by Gasteiger charge is 2.41. The summed E-state index contributed by atoms with van der Waals surface area (Å²) in [4.78, 5) is 6.88. The smallest absolute Gasteiger partial charge is 0.170 e. The average molecular weight is 457 g/mol. The molecule has 1 aliphatic rings. The zero-order valence-electron chi connectivity index (χ0n) is 19.2. The quantitative estimate of drug-likeness (QED) is 0.371. The van der Waals surface area contributed by atoms with Crippen LogP contribution < -0.4 is 5.32 Å². The van der Waals surface area contributed by atoms with Gasteiger partial charge in [-0.05, 0) is 86.1 Å². The first-order chi connectivity index (χ1) is 16.1. The Kier molecular flexibility index (Phi) is 5.77. The van der Waals surface area contributed by atoms with E-state index in [2.05, 4.69) is 76.9 Å². The average Bonchev–Trinajstić information content (AvgIpc) is 3.54. The van der Waals surface area contributed by atoms with Crippen molar-refractivity contribution < 1.29 is 4.42 Å². The Labute approximate surface area is 200 Å². The number of aromatic nitrogens is 2. The number of benzene rings is 1. The van der Waals surface area contributed by atoms with Crippen molar-refractivity contribution in [2.75, 3.05) is 0 Å². The SMILES string of the molecule is CCc1ccc(-n2c(C)cc([C@H]3[C@@H](c4ccccn4)NC(=S)N3Cc3ccco3)c2C)cc1. The summed E-state index contributed by atoms with van der Waals surface area (Å²) in [5.74, 6) is 0.884. The van der Waals surface area contributed by atoms with Crippen LogP contribution in [0.5, 0.6) is 0 Å². The van der Waals surface area contributed by atoms with Gasteiger partial charge in [0.05, 0.1) is 30.6 Å². The van der Waals surface area contributed by atoms with Crippen LogP contribution in [0, 0.1) is 13.8 Å². The Hall–Kier alpha value is -3.38. The normalized spacial score (nSPS) is 18.0. The predicted octanol–water partition coefficient (Wildman–Crippen LogP) is 5.82. The van der Waals surface area contributed by atoms with E-state index in [1.807, 2.05) is 30.5 Å². The molecule has 5 rings (SSSR count). The third kappa shape index (κ3) is 3.95. The lowest BCUT2D eigenvalue weighted by atomic mass is 9.96. The molecule has 4 heterocycles. The lowest BCUT2D eigenvalue weighted by Gasteiger charge is -2.27. The van der Waals surface area contributed by atoms with E-state index in [1.165, 1.54) is 28.2 Å². The van der Waals surface area contributed by atoms with Gasteiger partial charge < -0.3 is 19.2 Å². The van der Waals surface area contributed by atoms with Crippen molar-refractivity contribution in [3.05, 3.63) is 107 Å². The largest absolute Gasteiger partial charge is 0.467 e. The number of nitrogens with one attached hydrogen (secondary N) is 1. The van der Waals surface area contributed by atoms with E-state index in [0.29, 0.717) is 11.7 Å². The van der Waals surface area contributed by atoms with Crippen molar-refractivity contribution >= 4 is 17.3 Å². The molecule has 1 aliphatic heterocycles. The third-order valence-electron chi connectivity index (χ3n) is 6.50. The van der Waals surface area contributed by atoms with E-state index in [1.54, 1.807) is 6.26 Å². The van der Waals surface area contributed by atoms with E-state index in [-0.39, 0.29) is 12.1 Å². The molecule has 33 heavy (non-hydrogen) atoms. The Balaban J connectivity index is 1.60. The minimum Gasteiger partial charge on any atom is -0.467 e. The first-order valence-electron chi connectivity index (χ1n) is 11.4. The van der Waals surface area contributed by atoms with Crippen LogP contribution in [-0.4, -0.2) is 19.6 Å². The standard InChI is InChI=1S/C27H28N4OS/c1-4-20-10-12-21(13-11-20)31-18(2)16-23(19(31)3)26-25(24-9-5-6-14-28-24)29-27(33)30(26)17-22-8-7-15-32-22/h5-16,25-26H,4,17H2,1-3H3,(H,29,33)/t25-,26+/m1/s1. The number of nitrogens with zero attached hydrogens (tertiary/aromatic N) is 3. The van der Waals surface area contributed by atoms with Crippen molar-refractivity contribution in [3.63, 3.8) is 0 Å². The molecule has 1 aromatic carbocycles. The maximum Gasteiger partial charge on any atom is 0.170 e. The van der Waals surface area contributed by atoms with Crippen LogP contribution in [-0.2, 0) is 13.0 Å². The van der Waals surface area contributed by atoms with Crippen molar-refractivity contribution in [3.8, 4) is 5.69 Å². The Morgan fingerprint density at radius 1 is 1.06 bits per heavy atom. The van der Waals surface area contributed by atoms with E-state index in [4.69, 9.17) is 16.6 Å². The van der Waals surface area contributed by atoms with E-state index >= 15 is 0 Å². The van der Waals surface area contributed by atoms with Gasteiger partial charge in [-0.2, -0.15) is 0 Å². The molecule has 168 valence electrons. The molecular formula is C27H28N4OS. The number of aryl methyl sites for hydroxylation is 2. The fraction of sp³-hybridized carbons (Fsp3) is 0.259. The summed E-state index contributed by atoms with van der Waals surface area (Å²) in [5, 5.41) is 4.25. The topological polar surface area (TPSA) is 46.2 Å². The molecule has 0 amide bonds. The predicted molar refractivity (Wildman–Crippen MR) is 134 cm³/mol. The maximum absolute atomic E-state index is 5.81. The molecule has 6 heteroatoms. The van der Waals surface area contributed by atoms with Crippen LogP contribution in [0.1, 0.15) is 53.0 Å². The monoisotopic (exact) mass is 456 g/mol. The van der Waals surface area contributed by atoms with Crippen molar-refractivity contribution in [1.29, 1.82) is 0 Å². The second-order valence-corrected chi connectivity index (χ2v) is 8.90. The molecule has 0 saturated carbocycles. The van der Waals surface area contributed by atoms with Gasteiger partial charge in [0.1, 0.15) is 5.76 Å². The number of pyridine rings is 1. The Bertz CT molecular complexity index is 1250. The minimum atomic E-state index is -0.0509. The molecule has 1 N–H and O–H groups in total. The van der Waals surface area contributed by atoms with Gasteiger partial charge in [0, 0.05) is 23.3 Å². The molecule has 3 aromatic heterocycles. The number of hydrogen-bond donors (Lipinski definition) is 1. The van der Waals surface area contributed by atoms with Gasteiger partial charge in [0.2, 0.25) is 0 Å². The van der Waals surface area contributed by atoms with Crippen LogP contribution in [0.2, 0.25) is 0 Å². The molecule has 0 radical (unpaired) electrons. The van der Waals surface area contributed by atoms with E-state index in [0.717, 1.165) is 17.9 Å². The molecular weight excluding hydrogens is 428 g/mol. The van der Waals surface area contributed by atoms with Crippen LogP contribution >= 0.6 is 12.2 Å². The summed E-state index contributed by atoms with van der Waals surface area (Å²) < 4.78 is 8.00. The highest BCUT2D eigenvalue weighted by molar-refractivity contribution is 7.80. The fourth-order valence-electron chi connectivity index (χ4n) is 4.85. The highest BCUT2D eigenvalue weighted by Crippen LogP contribution is 2.42. The molecule has 0 aliphatic carbocycles. The van der Waals surface area contributed by atoms with Crippen LogP contribution in [0.4, 0.5) is 0 Å². The van der Waals surface area contributed by atoms with Gasteiger partial charge in [-0.25, -0.2) is 0 Å². The molecule has 0 spiro atoms. The van der Waals surface area contributed by atoms with E-state index in [9.17, 15) is 0 Å². The van der Waals surface area contributed by atoms with Gasteiger partial charge in [0.25, 0.3) is 0 Å². The molecule has 1 saturated heterocycles. The highest BCUT2D eigenvalue weighted by atomic mass is 32.1. The fourth-order valence-corrected chi connectivity index (χ4v) is 5.15. The first-order valence-corrected chi connectivity index (χ1v) is 11.8. The molecule has 2 atom stereocenters.